The first-order valence-corrected chi connectivity index (χ1v) is 20.0. The summed E-state index contributed by atoms with van der Waals surface area (Å²) in [4.78, 5) is 46.6. The number of rotatable bonds is 9. The summed E-state index contributed by atoms with van der Waals surface area (Å²) in [5.41, 5.74) is 0.242. The van der Waals surface area contributed by atoms with Gasteiger partial charge in [0.15, 0.2) is 0 Å². The highest BCUT2D eigenvalue weighted by Gasteiger charge is 2.45. The number of likely N-dealkylation sites (tertiary alicyclic amines) is 1. The van der Waals surface area contributed by atoms with E-state index in [2.05, 4.69) is 10.3 Å². The zero-order chi connectivity index (χ0) is 39.5. The predicted octanol–water partition coefficient (Wildman–Crippen LogP) is 6.02. The molecular weight excluding hydrogens is 758 g/mol. The summed E-state index contributed by atoms with van der Waals surface area (Å²) in [5, 5.41) is 2.60. The van der Waals surface area contributed by atoms with Crippen molar-refractivity contribution in [2.24, 2.45) is 5.92 Å². The van der Waals surface area contributed by atoms with Crippen LogP contribution in [-0.2, 0) is 36.8 Å². The molecule has 0 spiro atoms. The first kappa shape index (κ1) is 40.1. The maximum Gasteiger partial charge on any atom is 0.410 e. The zero-order valence-corrected chi connectivity index (χ0v) is 32.5. The second-order valence-electron chi connectivity index (χ2n) is 14.9. The van der Waals surface area contributed by atoms with Gasteiger partial charge in [-0.25, -0.2) is 31.8 Å². The van der Waals surface area contributed by atoms with Crippen molar-refractivity contribution in [3.8, 4) is 0 Å². The van der Waals surface area contributed by atoms with Crippen LogP contribution in [0.3, 0.4) is 0 Å². The Morgan fingerprint density at radius 1 is 0.964 bits per heavy atom. The van der Waals surface area contributed by atoms with Gasteiger partial charge in [-0.15, -0.1) is 0 Å². The number of ether oxygens (including phenoxy) is 2. The van der Waals surface area contributed by atoms with Gasteiger partial charge in [0, 0.05) is 69.4 Å². The molecule has 3 fully saturated rings. The highest BCUT2D eigenvalue weighted by molar-refractivity contribution is 7.89. The van der Waals surface area contributed by atoms with Gasteiger partial charge < -0.3 is 29.5 Å². The third-order valence-electron chi connectivity index (χ3n) is 9.76. The molecule has 0 bridgehead atoms. The van der Waals surface area contributed by atoms with Crippen LogP contribution in [-0.4, -0.2) is 98.2 Å². The zero-order valence-electron chi connectivity index (χ0n) is 30.9. The monoisotopic (exact) mass is 802 g/mol. The van der Waals surface area contributed by atoms with E-state index in [4.69, 9.17) is 21.1 Å². The lowest BCUT2D eigenvalue weighted by Gasteiger charge is -2.38. The van der Waals surface area contributed by atoms with Gasteiger partial charge in [0.2, 0.25) is 15.9 Å². The summed E-state index contributed by atoms with van der Waals surface area (Å²) < 4.78 is 71.3. The number of piperazine rings is 1. The number of carbonyl (C=O) groups excluding carboxylic acids is 3. The summed E-state index contributed by atoms with van der Waals surface area (Å²) in [5.74, 6) is -4.51. The van der Waals surface area contributed by atoms with Gasteiger partial charge in [0.25, 0.3) is 5.92 Å². The number of alkyl halides is 2. The first-order chi connectivity index (χ1) is 26.0. The summed E-state index contributed by atoms with van der Waals surface area (Å²) >= 11 is 6.27. The molecule has 2 atom stereocenters. The van der Waals surface area contributed by atoms with E-state index in [1.807, 2.05) is 30.3 Å². The van der Waals surface area contributed by atoms with Crippen molar-refractivity contribution < 1.29 is 41.1 Å². The Morgan fingerprint density at radius 3 is 2.33 bits per heavy atom. The number of anilines is 2. The van der Waals surface area contributed by atoms with Crippen LogP contribution in [0.25, 0.3) is 0 Å². The molecular formula is C38H45ClF2N6O7S. The SMILES string of the molecule is CC(C)(C)OC(=O)N1CCC[C@H](C(F)(F)c2cc(Cl)nc(N3CCN(S(=O)(=O)c4ccc(N5C[C@H](NC(=O)OCc6ccccc6)CC5=O)cc4)CC3)c2)C1. The van der Waals surface area contributed by atoms with Crippen LogP contribution in [0.15, 0.2) is 71.6 Å². The summed E-state index contributed by atoms with van der Waals surface area (Å²) in [7, 11) is -3.93. The highest BCUT2D eigenvalue weighted by Crippen LogP contribution is 2.42. The molecule has 3 aliphatic rings. The number of alkyl carbamates (subject to hydrolysis) is 1. The average Bonchev–Trinajstić information content (AvgIpc) is 3.52. The number of nitrogens with one attached hydrogen (secondary N) is 1. The maximum absolute atomic E-state index is 16.0. The molecule has 55 heavy (non-hydrogen) atoms. The minimum Gasteiger partial charge on any atom is -0.445 e. The molecule has 0 unspecified atom stereocenters. The molecule has 2 aromatic carbocycles. The number of pyridine rings is 1. The third-order valence-corrected chi connectivity index (χ3v) is 11.9. The number of benzene rings is 2. The van der Waals surface area contributed by atoms with Crippen molar-refractivity contribution in [3.63, 3.8) is 0 Å². The van der Waals surface area contributed by atoms with Crippen LogP contribution in [0.4, 0.5) is 29.9 Å². The second-order valence-corrected chi connectivity index (χ2v) is 17.2. The number of carbonyl (C=O) groups is 3. The number of hydrogen-bond acceptors (Lipinski definition) is 9. The smallest absolute Gasteiger partial charge is 0.410 e. The van der Waals surface area contributed by atoms with Crippen molar-refractivity contribution in [3.05, 3.63) is 83.0 Å². The fraction of sp³-hybridized carbons (Fsp3) is 0.474. The van der Waals surface area contributed by atoms with Crippen molar-refractivity contribution in [2.75, 3.05) is 55.6 Å². The van der Waals surface area contributed by atoms with Crippen molar-refractivity contribution in [1.29, 1.82) is 0 Å². The van der Waals surface area contributed by atoms with E-state index in [9.17, 15) is 22.8 Å². The number of aromatic nitrogens is 1. The summed E-state index contributed by atoms with van der Waals surface area (Å²) in [6.07, 6.45) is -0.599. The lowest BCUT2D eigenvalue weighted by Crippen LogP contribution is -2.49. The van der Waals surface area contributed by atoms with Crippen LogP contribution in [0.5, 0.6) is 0 Å². The topological polar surface area (TPSA) is 142 Å². The van der Waals surface area contributed by atoms with Crippen LogP contribution in [0, 0.1) is 5.92 Å². The fourth-order valence-corrected chi connectivity index (χ4v) is 8.55. The van der Waals surface area contributed by atoms with E-state index >= 15 is 8.78 Å². The van der Waals surface area contributed by atoms with Gasteiger partial charge in [0.05, 0.1) is 10.9 Å². The Hall–Kier alpha value is -4.54. The molecule has 4 heterocycles. The molecule has 3 aromatic rings. The van der Waals surface area contributed by atoms with E-state index in [-0.39, 0.29) is 86.1 Å². The van der Waals surface area contributed by atoms with Crippen LogP contribution in [0.2, 0.25) is 5.15 Å². The second kappa shape index (κ2) is 16.3. The molecule has 0 radical (unpaired) electrons. The summed E-state index contributed by atoms with van der Waals surface area (Å²) in [6, 6.07) is 17.1. The van der Waals surface area contributed by atoms with E-state index < -0.39 is 45.7 Å². The minimum atomic E-state index is -3.93. The Labute approximate surface area is 324 Å². The molecule has 13 nitrogen and oxygen atoms in total. The number of halogens is 3. The van der Waals surface area contributed by atoms with Crippen LogP contribution < -0.4 is 15.1 Å². The molecule has 6 rings (SSSR count). The number of hydrogen-bond donors (Lipinski definition) is 1. The lowest BCUT2D eigenvalue weighted by atomic mass is 9.88. The number of sulfonamides is 1. The Bertz CT molecular complexity index is 1980. The maximum atomic E-state index is 16.0. The molecule has 0 aliphatic carbocycles. The lowest BCUT2D eigenvalue weighted by molar-refractivity contribution is -0.117. The minimum absolute atomic E-state index is 0.0335. The van der Waals surface area contributed by atoms with Crippen LogP contribution in [0.1, 0.15) is 51.2 Å². The molecule has 1 aromatic heterocycles. The van der Waals surface area contributed by atoms with Crippen molar-refractivity contribution in [2.45, 2.75) is 69.1 Å². The normalized spacial score (nSPS) is 20.0. The third kappa shape index (κ3) is 9.65. The van der Waals surface area contributed by atoms with Crippen molar-refractivity contribution >= 4 is 51.2 Å². The van der Waals surface area contributed by atoms with Gasteiger partial charge >= 0.3 is 12.2 Å². The molecule has 3 aliphatic heterocycles. The largest absolute Gasteiger partial charge is 0.445 e. The van der Waals surface area contributed by atoms with Crippen molar-refractivity contribution in [1.82, 2.24) is 19.5 Å². The predicted molar refractivity (Wildman–Crippen MR) is 202 cm³/mol. The molecule has 3 saturated heterocycles. The van der Waals surface area contributed by atoms with E-state index in [0.717, 1.165) is 11.6 Å². The molecule has 1 N–H and O–H groups in total. The Kier molecular flexibility index (Phi) is 11.9. The number of amides is 3. The number of nitrogens with zero attached hydrogens (tertiary/aromatic N) is 5. The standard InChI is InChI=1S/C38H45ClF2N6O7S/c1-37(2,3)54-36(50)45-15-7-10-27(23-45)38(40,41)28-20-32(39)43-33(21-28)44-16-18-46(19-17-44)55(51,52)31-13-11-30(12-14-31)47-24-29(22-34(47)48)42-35(49)53-25-26-8-5-4-6-9-26/h4-6,8-9,11-14,20-21,27,29H,7,10,15-19,22-25H2,1-3H3,(H,42,49)/t27-,29+/m0/s1. The fourth-order valence-electron chi connectivity index (χ4n) is 6.93. The average molecular weight is 803 g/mol. The Balaban J connectivity index is 1.04. The van der Waals surface area contributed by atoms with Gasteiger partial charge in [-0.2, -0.15) is 4.31 Å². The highest BCUT2D eigenvalue weighted by atomic mass is 35.5. The summed E-state index contributed by atoms with van der Waals surface area (Å²) in [6.45, 7) is 6.09. The van der Waals surface area contributed by atoms with E-state index in [0.29, 0.717) is 18.7 Å². The quantitative estimate of drug-likeness (QED) is 0.257. The Morgan fingerprint density at radius 2 is 1.65 bits per heavy atom. The van der Waals surface area contributed by atoms with Gasteiger partial charge in [-0.05, 0) is 75.6 Å². The molecule has 3 amide bonds. The van der Waals surface area contributed by atoms with E-state index in [1.165, 1.54) is 32.3 Å². The van der Waals surface area contributed by atoms with Gasteiger partial charge in [-0.1, -0.05) is 41.9 Å². The number of piperidine rings is 1. The van der Waals surface area contributed by atoms with Crippen LogP contribution >= 0.6 is 11.6 Å². The first-order valence-electron chi connectivity index (χ1n) is 18.2. The van der Waals surface area contributed by atoms with Gasteiger partial charge in [0.1, 0.15) is 23.2 Å². The molecule has 17 heteroatoms. The molecule has 296 valence electrons. The van der Waals surface area contributed by atoms with Gasteiger partial charge in [-0.3, -0.25) is 4.79 Å². The van der Waals surface area contributed by atoms with E-state index in [1.54, 1.807) is 37.8 Å². The molecule has 0 saturated carbocycles.